The lowest BCUT2D eigenvalue weighted by atomic mass is 10.0. The van der Waals surface area contributed by atoms with Crippen molar-refractivity contribution in [1.82, 2.24) is 15.2 Å². The van der Waals surface area contributed by atoms with Crippen LogP contribution >= 0.6 is 0 Å². The zero-order valence-corrected chi connectivity index (χ0v) is 12.3. The molecule has 0 amide bonds. The molecule has 2 aromatic rings. The second-order valence-electron chi connectivity index (χ2n) is 5.22. The highest BCUT2D eigenvalue weighted by molar-refractivity contribution is 5.33. The molecule has 0 bridgehead atoms. The van der Waals surface area contributed by atoms with Crippen molar-refractivity contribution in [2.45, 2.75) is 6.04 Å². The fraction of sp³-hybridized carbons (Fsp3) is 0.353. The van der Waals surface area contributed by atoms with Crippen molar-refractivity contribution in [3.63, 3.8) is 0 Å². The maximum atomic E-state index is 5.26. The normalized spacial score (nSPS) is 17.4. The van der Waals surface area contributed by atoms with Gasteiger partial charge < -0.3 is 10.1 Å². The first-order valence-electron chi connectivity index (χ1n) is 7.38. The highest BCUT2D eigenvalue weighted by atomic mass is 16.5. The zero-order chi connectivity index (χ0) is 14.5. The topological polar surface area (TPSA) is 37.4 Å². The predicted molar refractivity (Wildman–Crippen MR) is 83.5 cm³/mol. The smallest absolute Gasteiger partial charge is 0.118 e. The Bertz CT molecular complexity index is 550. The quantitative estimate of drug-likeness (QED) is 0.932. The number of pyridine rings is 1. The van der Waals surface area contributed by atoms with Gasteiger partial charge in [0.2, 0.25) is 0 Å². The summed E-state index contributed by atoms with van der Waals surface area (Å²) >= 11 is 0. The Morgan fingerprint density at radius 2 is 1.86 bits per heavy atom. The molecule has 21 heavy (non-hydrogen) atoms. The van der Waals surface area contributed by atoms with Gasteiger partial charge in [0.25, 0.3) is 0 Å². The van der Waals surface area contributed by atoms with Gasteiger partial charge in [0.1, 0.15) is 5.75 Å². The minimum atomic E-state index is 0.208. The molecule has 1 unspecified atom stereocenters. The molecule has 1 aromatic heterocycles. The van der Waals surface area contributed by atoms with E-state index >= 15 is 0 Å². The highest BCUT2D eigenvalue weighted by Gasteiger charge is 2.24. The van der Waals surface area contributed by atoms with Crippen LogP contribution in [0.1, 0.15) is 17.3 Å². The largest absolute Gasteiger partial charge is 0.497 e. The summed E-state index contributed by atoms with van der Waals surface area (Å²) in [5.74, 6) is 0.888. The summed E-state index contributed by atoms with van der Waals surface area (Å²) in [6, 6.07) is 14.7. The van der Waals surface area contributed by atoms with E-state index < -0.39 is 0 Å². The number of ether oxygens (including phenoxy) is 1. The average Bonchev–Trinajstić information content (AvgIpc) is 2.58. The zero-order valence-electron chi connectivity index (χ0n) is 12.3. The lowest BCUT2D eigenvalue weighted by Gasteiger charge is -2.35. The van der Waals surface area contributed by atoms with E-state index in [4.69, 9.17) is 4.74 Å². The maximum Gasteiger partial charge on any atom is 0.118 e. The molecule has 110 valence electrons. The van der Waals surface area contributed by atoms with Gasteiger partial charge in [-0.2, -0.15) is 0 Å². The first-order chi connectivity index (χ1) is 10.4. The van der Waals surface area contributed by atoms with Crippen molar-refractivity contribution in [2.75, 3.05) is 33.3 Å². The summed E-state index contributed by atoms with van der Waals surface area (Å²) < 4.78 is 5.26. The van der Waals surface area contributed by atoms with Crippen LogP contribution in [0.2, 0.25) is 0 Å². The first-order valence-corrected chi connectivity index (χ1v) is 7.38. The van der Waals surface area contributed by atoms with Gasteiger partial charge in [-0.3, -0.25) is 9.88 Å². The van der Waals surface area contributed by atoms with Crippen molar-refractivity contribution in [3.05, 3.63) is 59.9 Å². The van der Waals surface area contributed by atoms with E-state index in [1.165, 1.54) is 5.56 Å². The van der Waals surface area contributed by atoms with Crippen molar-refractivity contribution in [3.8, 4) is 5.75 Å². The third kappa shape index (κ3) is 3.23. The molecular formula is C17H21N3O. The van der Waals surface area contributed by atoms with Crippen LogP contribution in [-0.4, -0.2) is 43.2 Å². The van der Waals surface area contributed by atoms with E-state index in [0.29, 0.717) is 0 Å². The van der Waals surface area contributed by atoms with Gasteiger partial charge in [-0.15, -0.1) is 0 Å². The Morgan fingerprint density at radius 1 is 1.10 bits per heavy atom. The molecule has 0 saturated carbocycles. The summed E-state index contributed by atoms with van der Waals surface area (Å²) in [7, 11) is 1.70. The summed E-state index contributed by atoms with van der Waals surface area (Å²) in [5, 5.41) is 3.41. The molecule has 1 N–H and O–H groups in total. The van der Waals surface area contributed by atoms with Gasteiger partial charge in [-0.05, 0) is 29.8 Å². The summed E-state index contributed by atoms with van der Waals surface area (Å²) in [6.45, 7) is 4.12. The Kier molecular flexibility index (Phi) is 4.48. The molecule has 4 heteroatoms. The molecule has 1 atom stereocenters. The van der Waals surface area contributed by atoms with Gasteiger partial charge >= 0.3 is 0 Å². The van der Waals surface area contributed by atoms with E-state index in [2.05, 4.69) is 39.5 Å². The SMILES string of the molecule is COc1ccc(C(c2ccccn2)N2CCNCC2)cc1. The molecule has 1 aliphatic heterocycles. The van der Waals surface area contributed by atoms with Crippen molar-refractivity contribution < 1.29 is 4.74 Å². The molecule has 1 fully saturated rings. The lowest BCUT2D eigenvalue weighted by molar-refractivity contribution is 0.195. The molecule has 0 spiro atoms. The third-order valence-corrected chi connectivity index (χ3v) is 3.92. The van der Waals surface area contributed by atoms with Crippen LogP contribution in [0.15, 0.2) is 48.7 Å². The van der Waals surface area contributed by atoms with Crippen LogP contribution in [0.25, 0.3) is 0 Å². The number of benzene rings is 1. The minimum absolute atomic E-state index is 0.208. The van der Waals surface area contributed by atoms with Crippen LogP contribution in [0.4, 0.5) is 0 Å². The number of nitrogens with zero attached hydrogens (tertiary/aromatic N) is 2. The standard InChI is InChI=1S/C17H21N3O/c1-21-15-7-5-14(6-8-15)17(16-4-2-3-9-19-16)20-12-10-18-11-13-20/h2-9,17-18H,10-13H2,1H3. The second kappa shape index (κ2) is 6.70. The Labute approximate surface area is 125 Å². The number of piperazine rings is 1. The number of aromatic nitrogens is 1. The number of hydrogen-bond acceptors (Lipinski definition) is 4. The average molecular weight is 283 g/mol. The van der Waals surface area contributed by atoms with E-state index in [1.807, 2.05) is 24.4 Å². The Morgan fingerprint density at radius 3 is 2.48 bits per heavy atom. The number of nitrogens with one attached hydrogen (secondary N) is 1. The molecule has 4 nitrogen and oxygen atoms in total. The fourth-order valence-electron chi connectivity index (χ4n) is 2.83. The van der Waals surface area contributed by atoms with E-state index in [-0.39, 0.29) is 6.04 Å². The first kappa shape index (κ1) is 14.0. The molecule has 1 saturated heterocycles. The number of methoxy groups -OCH3 is 1. The maximum absolute atomic E-state index is 5.26. The summed E-state index contributed by atoms with van der Waals surface area (Å²) in [4.78, 5) is 7.07. The molecule has 0 aliphatic carbocycles. The van der Waals surface area contributed by atoms with Crippen LogP contribution in [0.5, 0.6) is 5.75 Å². The fourth-order valence-corrected chi connectivity index (χ4v) is 2.83. The lowest BCUT2D eigenvalue weighted by Crippen LogP contribution is -2.45. The highest BCUT2D eigenvalue weighted by Crippen LogP contribution is 2.28. The van der Waals surface area contributed by atoms with Gasteiger partial charge in [-0.25, -0.2) is 0 Å². The molecule has 1 aromatic carbocycles. The third-order valence-electron chi connectivity index (χ3n) is 3.92. The second-order valence-corrected chi connectivity index (χ2v) is 5.22. The van der Waals surface area contributed by atoms with Crippen LogP contribution in [-0.2, 0) is 0 Å². The number of hydrogen-bond donors (Lipinski definition) is 1. The van der Waals surface area contributed by atoms with Crippen molar-refractivity contribution >= 4 is 0 Å². The molecular weight excluding hydrogens is 262 g/mol. The monoisotopic (exact) mass is 283 g/mol. The van der Waals surface area contributed by atoms with Gasteiger partial charge in [-0.1, -0.05) is 18.2 Å². The Hall–Kier alpha value is -1.91. The molecule has 2 heterocycles. The van der Waals surface area contributed by atoms with Crippen LogP contribution in [0.3, 0.4) is 0 Å². The van der Waals surface area contributed by atoms with E-state index in [9.17, 15) is 0 Å². The molecule has 1 aliphatic rings. The Balaban J connectivity index is 1.94. The van der Waals surface area contributed by atoms with Crippen molar-refractivity contribution in [1.29, 1.82) is 0 Å². The minimum Gasteiger partial charge on any atom is -0.497 e. The predicted octanol–water partition coefficient (Wildman–Crippen LogP) is 2.08. The number of rotatable bonds is 4. The van der Waals surface area contributed by atoms with E-state index in [0.717, 1.165) is 37.6 Å². The molecule has 3 rings (SSSR count). The van der Waals surface area contributed by atoms with Crippen LogP contribution in [0, 0.1) is 0 Å². The van der Waals surface area contributed by atoms with Crippen LogP contribution < -0.4 is 10.1 Å². The summed E-state index contributed by atoms with van der Waals surface area (Å²) in [6.07, 6.45) is 1.87. The van der Waals surface area contributed by atoms with Gasteiger partial charge in [0.05, 0.1) is 18.8 Å². The van der Waals surface area contributed by atoms with Gasteiger partial charge in [0.15, 0.2) is 0 Å². The van der Waals surface area contributed by atoms with E-state index in [1.54, 1.807) is 7.11 Å². The molecule has 0 radical (unpaired) electrons. The summed E-state index contributed by atoms with van der Waals surface area (Å²) in [5.41, 5.74) is 2.36. The van der Waals surface area contributed by atoms with Gasteiger partial charge in [0, 0.05) is 32.4 Å². The van der Waals surface area contributed by atoms with Crippen molar-refractivity contribution in [2.24, 2.45) is 0 Å².